The molecule has 0 radical (unpaired) electrons. The first kappa shape index (κ1) is 20.6. The van der Waals surface area contributed by atoms with Gasteiger partial charge in [-0.25, -0.2) is 0 Å². The van der Waals surface area contributed by atoms with E-state index in [0.29, 0.717) is 0 Å². The van der Waals surface area contributed by atoms with Crippen LogP contribution in [0.3, 0.4) is 0 Å². The highest BCUT2D eigenvalue weighted by Gasteiger charge is 2.65. The van der Waals surface area contributed by atoms with Gasteiger partial charge in [-0.3, -0.25) is 0 Å². The molecule has 31 heavy (non-hydrogen) atoms. The maximum absolute atomic E-state index is 13.9. The Labute approximate surface area is 184 Å². The molecule has 0 bridgehead atoms. The molecule has 1 unspecified atom stereocenters. The molecule has 158 valence electrons. The van der Waals surface area contributed by atoms with Crippen molar-refractivity contribution >= 4 is 24.1 Å². The van der Waals surface area contributed by atoms with Crippen LogP contribution in [0.25, 0.3) is 0 Å². The molecule has 3 aromatic rings. The van der Waals surface area contributed by atoms with Crippen LogP contribution >= 0.6 is 11.6 Å². The first-order valence-electron chi connectivity index (χ1n) is 10.4. The summed E-state index contributed by atoms with van der Waals surface area (Å²) in [6, 6.07) is 23.8. The Kier molecular flexibility index (Phi) is 5.12. The Morgan fingerprint density at radius 2 is 1.55 bits per heavy atom. The SMILES string of the molecule is FC(F)(F)c1cc(Cl)ccc1B1OC(c2ccccc2)(c2ccccc2)[C@@H]2CCC[NH+]12. The number of hydrogen-bond donors (Lipinski definition) is 1. The third-order valence-electron chi connectivity index (χ3n) is 6.55. The minimum Gasteiger partial charge on any atom is -0.368 e. The van der Waals surface area contributed by atoms with Crippen LogP contribution in [0, 0.1) is 0 Å². The van der Waals surface area contributed by atoms with Crippen LogP contribution in [0.1, 0.15) is 29.5 Å². The summed E-state index contributed by atoms with van der Waals surface area (Å²) in [4.78, 5) is 1.04. The highest BCUT2D eigenvalue weighted by molar-refractivity contribution is 6.60. The number of hydrogen-bond acceptors (Lipinski definition) is 1. The molecule has 2 atom stereocenters. The maximum atomic E-state index is 13.9. The Balaban J connectivity index is 1.71. The van der Waals surface area contributed by atoms with Gasteiger partial charge in [0.15, 0.2) is 5.60 Å². The molecule has 0 amide bonds. The van der Waals surface area contributed by atoms with Gasteiger partial charge >= 0.3 is 13.2 Å². The van der Waals surface area contributed by atoms with Crippen LogP contribution in [0.5, 0.6) is 0 Å². The number of nitrogens with one attached hydrogen (secondary N) is 1. The van der Waals surface area contributed by atoms with Gasteiger partial charge in [0.05, 0.1) is 12.1 Å². The molecule has 2 saturated heterocycles. The number of fused-ring (bicyclic) bond motifs is 1. The average molecular weight is 443 g/mol. The maximum Gasteiger partial charge on any atom is 0.611 e. The number of benzene rings is 3. The summed E-state index contributed by atoms with van der Waals surface area (Å²) in [5, 5.41) is 0.0689. The molecule has 5 rings (SSSR count). The van der Waals surface area contributed by atoms with Crippen molar-refractivity contribution in [1.82, 2.24) is 0 Å². The molecule has 2 heterocycles. The van der Waals surface area contributed by atoms with E-state index in [9.17, 15) is 13.2 Å². The largest absolute Gasteiger partial charge is 0.611 e. The molecule has 0 spiro atoms. The van der Waals surface area contributed by atoms with Gasteiger partial charge in [0.25, 0.3) is 0 Å². The van der Waals surface area contributed by atoms with Gasteiger partial charge in [-0.05, 0) is 23.3 Å². The first-order valence-corrected chi connectivity index (χ1v) is 10.8. The zero-order chi connectivity index (χ0) is 21.6. The van der Waals surface area contributed by atoms with E-state index in [1.165, 1.54) is 12.1 Å². The average Bonchev–Trinajstić information content (AvgIpc) is 3.37. The van der Waals surface area contributed by atoms with Crippen LogP contribution in [0.2, 0.25) is 5.02 Å². The van der Waals surface area contributed by atoms with E-state index >= 15 is 0 Å². The fraction of sp³-hybridized carbons (Fsp3) is 0.250. The fourth-order valence-corrected chi connectivity index (χ4v) is 5.51. The standard InChI is InChI=1S/C24H20BClF3NO/c26-19-13-14-21(20(16-19)24(27,28)29)25-30-15-7-12-22(30)23(31-25,17-8-3-1-4-9-17)18-10-5-2-6-11-18/h1-6,8-11,13-14,16,22H,7,12,15H2/p+1/t22-/m0/s1. The zero-order valence-electron chi connectivity index (χ0n) is 16.7. The van der Waals surface area contributed by atoms with E-state index < -0.39 is 24.4 Å². The summed E-state index contributed by atoms with van der Waals surface area (Å²) in [5.41, 5.74) is 0.542. The molecule has 2 nitrogen and oxygen atoms in total. The smallest absolute Gasteiger partial charge is 0.368 e. The lowest BCUT2D eigenvalue weighted by molar-refractivity contribution is -0.799. The van der Waals surface area contributed by atoms with Gasteiger partial charge in [0, 0.05) is 23.3 Å². The predicted molar refractivity (Wildman–Crippen MR) is 115 cm³/mol. The molecular weight excluding hydrogens is 422 g/mol. The Hall–Kier alpha value is -2.28. The summed E-state index contributed by atoms with van der Waals surface area (Å²) < 4.78 is 48.6. The van der Waals surface area contributed by atoms with Crippen molar-refractivity contribution in [2.45, 2.75) is 30.7 Å². The quantitative estimate of drug-likeness (QED) is 0.604. The fourth-order valence-electron chi connectivity index (χ4n) is 5.33. The van der Waals surface area contributed by atoms with Gasteiger partial charge in [0.1, 0.15) is 6.04 Å². The van der Waals surface area contributed by atoms with Gasteiger partial charge < -0.3 is 9.47 Å². The summed E-state index contributed by atoms with van der Waals surface area (Å²) in [7, 11) is -0.734. The number of quaternary nitrogens is 1. The summed E-state index contributed by atoms with van der Waals surface area (Å²) in [5.74, 6) is 0. The molecule has 2 aliphatic rings. The Morgan fingerprint density at radius 1 is 0.935 bits per heavy atom. The van der Waals surface area contributed by atoms with Crippen LogP contribution < -0.4 is 10.3 Å². The van der Waals surface area contributed by atoms with Gasteiger partial charge in [0.2, 0.25) is 0 Å². The van der Waals surface area contributed by atoms with Crippen molar-refractivity contribution in [3.8, 4) is 0 Å². The molecule has 2 aliphatic heterocycles. The summed E-state index contributed by atoms with van der Waals surface area (Å²) in [6.45, 7) is 0.761. The number of halogens is 4. The van der Waals surface area contributed by atoms with E-state index in [-0.39, 0.29) is 16.5 Å². The van der Waals surface area contributed by atoms with Crippen molar-refractivity contribution in [3.05, 3.63) is 101 Å². The molecule has 1 N–H and O–H groups in total. The van der Waals surface area contributed by atoms with E-state index in [0.717, 1.165) is 41.4 Å². The van der Waals surface area contributed by atoms with Crippen LogP contribution in [-0.2, 0) is 16.4 Å². The van der Waals surface area contributed by atoms with E-state index in [1.54, 1.807) is 0 Å². The second-order valence-corrected chi connectivity index (χ2v) is 8.65. The Bertz CT molecular complexity index is 1040. The van der Waals surface area contributed by atoms with Crippen LogP contribution in [0.4, 0.5) is 13.2 Å². The van der Waals surface area contributed by atoms with Crippen molar-refractivity contribution in [2.75, 3.05) is 6.54 Å². The lowest BCUT2D eigenvalue weighted by Crippen LogP contribution is -3.19. The highest BCUT2D eigenvalue weighted by atomic mass is 35.5. The minimum absolute atomic E-state index is 0.0130. The molecule has 3 aromatic carbocycles. The van der Waals surface area contributed by atoms with Gasteiger partial charge in [-0.1, -0.05) is 78.3 Å². The monoisotopic (exact) mass is 442 g/mol. The second kappa shape index (κ2) is 7.70. The second-order valence-electron chi connectivity index (χ2n) is 8.21. The van der Waals surface area contributed by atoms with E-state index in [1.807, 2.05) is 60.7 Å². The van der Waals surface area contributed by atoms with Crippen LogP contribution in [-0.4, -0.2) is 19.6 Å². The van der Waals surface area contributed by atoms with Crippen molar-refractivity contribution in [3.63, 3.8) is 0 Å². The highest BCUT2D eigenvalue weighted by Crippen LogP contribution is 2.42. The van der Waals surface area contributed by atoms with Gasteiger partial charge in [-0.15, -0.1) is 0 Å². The summed E-state index contributed by atoms with van der Waals surface area (Å²) in [6.07, 6.45) is -2.69. The third kappa shape index (κ3) is 3.38. The van der Waals surface area contributed by atoms with Crippen molar-refractivity contribution in [2.24, 2.45) is 0 Å². The predicted octanol–water partition coefficient (Wildman–Crippen LogP) is 4.08. The first-order chi connectivity index (χ1) is 14.9. The molecule has 0 aliphatic carbocycles. The normalized spacial score (nSPS) is 22.5. The lowest BCUT2D eigenvalue weighted by atomic mass is 9.69. The molecule has 2 fully saturated rings. The van der Waals surface area contributed by atoms with E-state index in [4.69, 9.17) is 16.3 Å². The van der Waals surface area contributed by atoms with Gasteiger partial charge in [-0.2, -0.15) is 13.2 Å². The molecular formula is C24H21BClF3NO+. The molecule has 7 heteroatoms. The zero-order valence-corrected chi connectivity index (χ0v) is 17.5. The Morgan fingerprint density at radius 3 is 2.13 bits per heavy atom. The number of alkyl halides is 3. The van der Waals surface area contributed by atoms with Crippen molar-refractivity contribution in [1.29, 1.82) is 0 Å². The topological polar surface area (TPSA) is 13.7 Å². The molecule has 0 saturated carbocycles. The van der Waals surface area contributed by atoms with Crippen molar-refractivity contribution < 1.29 is 22.6 Å². The number of rotatable bonds is 3. The lowest BCUT2D eigenvalue weighted by Gasteiger charge is -2.33. The third-order valence-corrected chi connectivity index (χ3v) is 6.78. The van der Waals surface area contributed by atoms with Crippen LogP contribution in [0.15, 0.2) is 78.9 Å². The van der Waals surface area contributed by atoms with E-state index in [2.05, 4.69) is 0 Å². The molecule has 0 aromatic heterocycles. The summed E-state index contributed by atoms with van der Waals surface area (Å²) >= 11 is 5.94. The minimum atomic E-state index is -4.51.